The molecule has 1 amide bonds. The molecule has 5 nitrogen and oxygen atoms in total. The molecule has 5 rings (SSSR count). The van der Waals surface area contributed by atoms with Gasteiger partial charge < -0.3 is 14.2 Å². The summed E-state index contributed by atoms with van der Waals surface area (Å²) >= 11 is 0. The molecule has 0 saturated heterocycles. The largest absolute Gasteiger partial charge is 0.573 e. The van der Waals surface area contributed by atoms with E-state index in [4.69, 9.17) is 4.52 Å². The molecule has 1 heterocycles. The van der Waals surface area contributed by atoms with E-state index in [0.717, 1.165) is 47.4 Å². The first-order chi connectivity index (χ1) is 16.3. The minimum Gasteiger partial charge on any atom is -0.406 e. The first-order valence-electron chi connectivity index (χ1n) is 10.6. The maximum absolute atomic E-state index is 12.8. The fourth-order valence-electron chi connectivity index (χ4n) is 4.18. The molecule has 4 aromatic rings. The van der Waals surface area contributed by atoms with E-state index in [1.54, 1.807) is 19.2 Å². The summed E-state index contributed by atoms with van der Waals surface area (Å²) in [6.07, 6.45) is -3.10. The first kappa shape index (κ1) is 21.8. The molecular weight excluding hydrogens is 445 g/mol. The van der Waals surface area contributed by atoms with Crippen molar-refractivity contribution >= 4 is 11.6 Å². The fourth-order valence-corrected chi connectivity index (χ4v) is 4.18. The summed E-state index contributed by atoms with van der Waals surface area (Å²) in [6.45, 7) is 0. The second kappa shape index (κ2) is 8.37. The van der Waals surface area contributed by atoms with Gasteiger partial charge in [-0.25, -0.2) is 0 Å². The van der Waals surface area contributed by atoms with Gasteiger partial charge in [0.15, 0.2) is 5.76 Å². The highest BCUT2D eigenvalue weighted by molar-refractivity contribution is 6.06. The Morgan fingerprint density at radius 3 is 2.53 bits per heavy atom. The maximum atomic E-state index is 12.8. The van der Waals surface area contributed by atoms with Crippen LogP contribution in [0.4, 0.5) is 18.9 Å². The van der Waals surface area contributed by atoms with Crippen LogP contribution in [0.3, 0.4) is 0 Å². The van der Waals surface area contributed by atoms with Gasteiger partial charge in [0, 0.05) is 35.0 Å². The van der Waals surface area contributed by atoms with Gasteiger partial charge in [-0.05, 0) is 60.9 Å². The Morgan fingerprint density at radius 1 is 1.00 bits per heavy atom. The Balaban J connectivity index is 1.37. The van der Waals surface area contributed by atoms with Crippen molar-refractivity contribution in [2.75, 3.05) is 11.9 Å². The van der Waals surface area contributed by atoms with Crippen LogP contribution in [-0.2, 0) is 12.8 Å². The van der Waals surface area contributed by atoms with Gasteiger partial charge in [0.05, 0.1) is 0 Å². The zero-order chi connectivity index (χ0) is 23.9. The van der Waals surface area contributed by atoms with E-state index in [9.17, 15) is 18.0 Å². The van der Waals surface area contributed by atoms with Gasteiger partial charge >= 0.3 is 6.36 Å². The van der Waals surface area contributed by atoms with E-state index in [1.807, 2.05) is 30.3 Å². The van der Waals surface area contributed by atoms with Crippen molar-refractivity contribution < 1.29 is 27.2 Å². The molecule has 0 spiro atoms. The van der Waals surface area contributed by atoms with Crippen LogP contribution in [0.15, 0.2) is 77.3 Å². The summed E-state index contributed by atoms with van der Waals surface area (Å²) in [4.78, 5) is 14.2. The molecular formula is C26H19F3N2O3. The Bertz CT molecular complexity index is 1360. The minimum absolute atomic E-state index is 0.0799. The highest BCUT2D eigenvalue weighted by Crippen LogP contribution is 2.38. The van der Waals surface area contributed by atoms with E-state index in [2.05, 4.69) is 16.0 Å². The Labute approximate surface area is 193 Å². The third-order valence-corrected chi connectivity index (χ3v) is 5.84. The second-order valence-electron chi connectivity index (χ2n) is 7.98. The van der Waals surface area contributed by atoms with Crippen LogP contribution in [-0.4, -0.2) is 24.5 Å². The molecule has 0 bridgehead atoms. The summed E-state index contributed by atoms with van der Waals surface area (Å²) < 4.78 is 47.1. The van der Waals surface area contributed by atoms with Gasteiger partial charge in [-0.3, -0.25) is 4.79 Å². The van der Waals surface area contributed by atoms with Crippen LogP contribution in [0.1, 0.15) is 21.5 Å². The molecule has 0 radical (unpaired) electrons. The van der Waals surface area contributed by atoms with Crippen molar-refractivity contribution in [2.24, 2.45) is 0 Å². The molecule has 1 aliphatic rings. The zero-order valence-electron chi connectivity index (χ0n) is 18.1. The summed E-state index contributed by atoms with van der Waals surface area (Å²) in [7, 11) is 1.56. The van der Waals surface area contributed by atoms with Crippen LogP contribution in [0.5, 0.6) is 5.75 Å². The van der Waals surface area contributed by atoms with Gasteiger partial charge in [0.1, 0.15) is 11.4 Å². The molecule has 0 aliphatic heterocycles. The average Bonchev–Trinajstić information content (AvgIpc) is 3.27. The molecule has 0 fully saturated rings. The SMILES string of the molecule is CN(C(=O)c1cccc(OC(F)(F)F)c1)c1ccc(-c2onc3c2CCc2ccccc2-3)cc1. The molecule has 34 heavy (non-hydrogen) atoms. The van der Waals surface area contributed by atoms with Crippen LogP contribution >= 0.6 is 0 Å². The average molecular weight is 464 g/mol. The van der Waals surface area contributed by atoms with E-state index < -0.39 is 18.0 Å². The summed E-state index contributed by atoms with van der Waals surface area (Å²) in [6, 6.07) is 20.3. The quantitative estimate of drug-likeness (QED) is 0.357. The van der Waals surface area contributed by atoms with Gasteiger partial charge in [-0.1, -0.05) is 35.5 Å². The number of carbonyl (C=O) groups is 1. The maximum Gasteiger partial charge on any atom is 0.573 e. The third kappa shape index (κ3) is 4.14. The number of alkyl halides is 3. The number of halogens is 3. The highest BCUT2D eigenvalue weighted by atomic mass is 19.4. The summed E-state index contributed by atoms with van der Waals surface area (Å²) in [5.41, 5.74) is 5.73. The lowest BCUT2D eigenvalue weighted by Gasteiger charge is -2.18. The molecule has 3 aromatic carbocycles. The van der Waals surface area contributed by atoms with Crippen LogP contribution in [0, 0.1) is 0 Å². The number of anilines is 1. The van der Waals surface area contributed by atoms with Crippen molar-refractivity contribution in [1.29, 1.82) is 0 Å². The van der Waals surface area contributed by atoms with Crippen LogP contribution in [0.2, 0.25) is 0 Å². The lowest BCUT2D eigenvalue weighted by atomic mass is 9.88. The third-order valence-electron chi connectivity index (χ3n) is 5.84. The number of amides is 1. The smallest absolute Gasteiger partial charge is 0.406 e. The standard InChI is InChI=1S/C26H19F3N2O3/c1-31(25(32)18-6-4-7-20(15-18)33-26(27,28)29)19-12-9-17(10-13-19)24-22-14-11-16-5-2-3-8-21(16)23(22)30-34-24/h2-10,12-13,15H,11,14H2,1H3. The zero-order valence-corrected chi connectivity index (χ0v) is 18.1. The molecule has 1 aliphatic carbocycles. The topological polar surface area (TPSA) is 55.6 Å². The van der Waals surface area contributed by atoms with Crippen molar-refractivity contribution in [3.05, 3.63) is 89.5 Å². The minimum atomic E-state index is -4.83. The van der Waals surface area contributed by atoms with E-state index in [-0.39, 0.29) is 5.56 Å². The molecule has 0 N–H and O–H groups in total. The molecule has 0 saturated carbocycles. The number of nitrogens with zero attached hydrogens (tertiary/aromatic N) is 2. The molecule has 8 heteroatoms. The summed E-state index contributed by atoms with van der Waals surface area (Å²) in [5.74, 6) is -0.213. The number of aryl methyl sites for hydroxylation is 1. The lowest BCUT2D eigenvalue weighted by molar-refractivity contribution is -0.274. The van der Waals surface area contributed by atoms with E-state index in [0.29, 0.717) is 11.4 Å². The van der Waals surface area contributed by atoms with Gasteiger partial charge in [0.2, 0.25) is 0 Å². The number of fused-ring (bicyclic) bond motifs is 3. The molecule has 172 valence electrons. The monoisotopic (exact) mass is 464 g/mol. The summed E-state index contributed by atoms with van der Waals surface area (Å²) in [5, 5.41) is 4.30. The Hall–Kier alpha value is -4.07. The van der Waals surface area contributed by atoms with E-state index in [1.165, 1.54) is 22.6 Å². The van der Waals surface area contributed by atoms with Gasteiger partial charge in [-0.15, -0.1) is 13.2 Å². The number of carbonyl (C=O) groups excluding carboxylic acids is 1. The number of hydrogen-bond acceptors (Lipinski definition) is 4. The van der Waals surface area contributed by atoms with Gasteiger partial charge in [-0.2, -0.15) is 0 Å². The lowest BCUT2D eigenvalue weighted by Crippen LogP contribution is -2.26. The predicted octanol–water partition coefficient (Wildman–Crippen LogP) is 6.28. The van der Waals surface area contributed by atoms with Crippen LogP contribution < -0.4 is 9.64 Å². The second-order valence-corrected chi connectivity index (χ2v) is 7.98. The Kier molecular flexibility index (Phi) is 5.36. The van der Waals surface area contributed by atoms with Crippen molar-refractivity contribution in [1.82, 2.24) is 5.16 Å². The molecule has 0 atom stereocenters. The number of rotatable bonds is 4. The van der Waals surface area contributed by atoms with Crippen molar-refractivity contribution in [3.8, 4) is 28.3 Å². The molecule has 0 unspecified atom stereocenters. The van der Waals surface area contributed by atoms with Crippen LogP contribution in [0.25, 0.3) is 22.6 Å². The predicted molar refractivity (Wildman–Crippen MR) is 121 cm³/mol. The normalized spacial score (nSPS) is 12.6. The van der Waals surface area contributed by atoms with Crippen molar-refractivity contribution in [2.45, 2.75) is 19.2 Å². The fraction of sp³-hybridized carbons (Fsp3) is 0.154. The Morgan fingerprint density at radius 2 is 1.76 bits per heavy atom. The number of benzene rings is 3. The number of hydrogen-bond donors (Lipinski definition) is 0. The van der Waals surface area contributed by atoms with Crippen molar-refractivity contribution in [3.63, 3.8) is 0 Å². The molecule has 1 aromatic heterocycles. The highest BCUT2D eigenvalue weighted by Gasteiger charge is 2.31. The van der Waals surface area contributed by atoms with Gasteiger partial charge in [0.25, 0.3) is 5.91 Å². The first-order valence-corrected chi connectivity index (χ1v) is 10.6. The van der Waals surface area contributed by atoms with E-state index >= 15 is 0 Å². The number of ether oxygens (including phenoxy) is 1. The number of aromatic nitrogens is 1.